The van der Waals surface area contributed by atoms with E-state index < -0.39 is 75.3 Å². The van der Waals surface area contributed by atoms with Crippen molar-refractivity contribution in [3.8, 4) is 5.75 Å². The van der Waals surface area contributed by atoms with Gasteiger partial charge >= 0.3 is 0 Å². The number of phenols is 1. The van der Waals surface area contributed by atoms with Gasteiger partial charge in [0.2, 0.25) is 17.5 Å². The first-order valence-electron chi connectivity index (χ1n) is 10.2. The molecule has 0 saturated heterocycles. The number of phenolic OH excluding ortho intramolecular Hbond substituents is 1. The first-order valence-corrected chi connectivity index (χ1v) is 10.5. The van der Waals surface area contributed by atoms with Gasteiger partial charge in [-0.3, -0.25) is 19.2 Å². The van der Waals surface area contributed by atoms with Crippen LogP contribution in [0.2, 0.25) is 5.02 Å². The van der Waals surface area contributed by atoms with E-state index in [9.17, 15) is 39.6 Å². The average Bonchev–Trinajstić information content (AvgIpc) is 2.69. The van der Waals surface area contributed by atoms with Gasteiger partial charge in [-0.1, -0.05) is 11.6 Å². The Bertz CT molecular complexity index is 1170. The summed E-state index contributed by atoms with van der Waals surface area (Å²) in [5.41, 5.74) is -0.844. The molecule has 176 valence electrons. The molecular formula is C22H23ClN2O8. The highest BCUT2D eigenvalue weighted by molar-refractivity contribution is 6.38. The number of fused-ring (bicyclic) bond motifs is 2. The average molecular weight is 479 g/mol. The van der Waals surface area contributed by atoms with Crippen LogP contribution in [0.5, 0.6) is 5.75 Å². The minimum absolute atomic E-state index is 0.0290. The molecule has 1 fully saturated rings. The summed E-state index contributed by atoms with van der Waals surface area (Å²) in [6.07, 6.45) is -1.99. The number of amides is 1. The lowest BCUT2D eigenvalue weighted by atomic mass is 9.54. The molecule has 1 amide bonds. The zero-order chi connectivity index (χ0) is 24.8. The number of rotatable bonds is 2. The van der Waals surface area contributed by atoms with Crippen LogP contribution in [0, 0.1) is 11.8 Å². The molecule has 3 aliphatic carbocycles. The zero-order valence-corrected chi connectivity index (χ0v) is 18.8. The molecule has 0 spiro atoms. The monoisotopic (exact) mass is 478 g/mol. The molecule has 6 atom stereocenters. The molecule has 0 radical (unpaired) electrons. The van der Waals surface area contributed by atoms with E-state index in [0.29, 0.717) is 0 Å². The smallest absolute Gasteiger partial charge is 0.230 e. The van der Waals surface area contributed by atoms with Crippen molar-refractivity contribution in [2.75, 3.05) is 14.1 Å². The number of ketones is 3. The van der Waals surface area contributed by atoms with Crippen LogP contribution in [-0.2, 0) is 20.0 Å². The third-order valence-electron chi connectivity index (χ3n) is 7.16. The molecule has 0 aromatic heterocycles. The molecule has 33 heavy (non-hydrogen) atoms. The van der Waals surface area contributed by atoms with Gasteiger partial charge in [0.25, 0.3) is 0 Å². The number of primary amides is 1. The second-order valence-corrected chi connectivity index (χ2v) is 9.57. The van der Waals surface area contributed by atoms with E-state index >= 15 is 0 Å². The van der Waals surface area contributed by atoms with E-state index in [-0.39, 0.29) is 22.6 Å². The SMILES string of the molecule is CN(C)C1C(O)C(C(N)=O)C(=O)[C@@]2(O)C(=O)C3=C(C[C@@H]12)[C@](C)(O)c1c(Cl)ccc(O)c1C3=O. The number of nitrogens with two attached hydrogens (primary N) is 1. The molecule has 1 aromatic carbocycles. The number of hydrogen-bond donors (Lipinski definition) is 5. The van der Waals surface area contributed by atoms with Gasteiger partial charge in [-0.2, -0.15) is 0 Å². The molecule has 4 rings (SSSR count). The number of aliphatic hydroxyl groups excluding tert-OH is 1. The molecule has 6 N–H and O–H groups in total. The molecule has 0 aliphatic heterocycles. The molecular weight excluding hydrogens is 456 g/mol. The maximum Gasteiger partial charge on any atom is 0.230 e. The number of aromatic hydroxyl groups is 1. The van der Waals surface area contributed by atoms with Crippen LogP contribution < -0.4 is 5.73 Å². The number of carbonyl (C=O) groups excluding carboxylic acids is 4. The third kappa shape index (κ3) is 2.82. The minimum atomic E-state index is -2.86. The van der Waals surface area contributed by atoms with Crippen LogP contribution in [0.3, 0.4) is 0 Å². The van der Waals surface area contributed by atoms with Crippen molar-refractivity contribution in [1.29, 1.82) is 0 Å². The molecule has 0 heterocycles. The second-order valence-electron chi connectivity index (χ2n) is 9.17. The largest absolute Gasteiger partial charge is 0.507 e. The van der Waals surface area contributed by atoms with Crippen LogP contribution in [-0.4, -0.2) is 80.4 Å². The fourth-order valence-corrected chi connectivity index (χ4v) is 5.99. The number of aliphatic hydroxyl groups is 3. The van der Waals surface area contributed by atoms with Gasteiger partial charge in [0.15, 0.2) is 11.4 Å². The van der Waals surface area contributed by atoms with E-state index in [1.54, 1.807) is 0 Å². The van der Waals surface area contributed by atoms with Crippen molar-refractivity contribution in [3.63, 3.8) is 0 Å². The van der Waals surface area contributed by atoms with Crippen LogP contribution >= 0.6 is 11.6 Å². The maximum absolute atomic E-state index is 13.6. The van der Waals surface area contributed by atoms with Crippen LogP contribution in [0.25, 0.3) is 0 Å². The predicted molar refractivity (Wildman–Crippen MR) is 113 cm³/mol. The fraction of sp³-hybridized carbons (Fsp3) is 0.455. The summed E-state index contributed by atoms with van der Waals surface area (Å²) in [5.74, 6) is -8.61. The Kier molecular flexibility index (Phi) is 5.12. The van der Waals surface area contributed by atoms with Gasteiger partial charge < -0.3 is 31.1 Å². The Morgan fingerprint density at radius 3 is 2.36 bits per heavy atom. The highest BCUT2D eigenvalue weighted by Crippen LogP contribution is 2.54. The van der Waals surface area contributed by atoms with Crippen LogP contribution in [0.15, 0.2) is 23.3 Å². The van der Waals surface area contributed by atoms with Crippen molar-refractivity contribution in [2.45, 2.75) is 36.7 Å². The summed E-state index contributed by atoms with van der Waals surface area (Å²) >= 11 is 6.24. The van der Waals surface area contributed by atoms with E-state index in [4.69, 9.17) is 17.3 Å². The summed E-state index contributed by atoms with van der Waals surface area (Å²) in [7, 11) is 3.04. The molecule has 3 unspecified atom stereocenters. The zero-order valence-electron chi connectivity index (χ0n) is 18.0. The summed E-state index contributed by atoms with van der Waals surface area (Å²) in [4.78, 5) is 53.6. The first-order chi connectivity index (χ1) is 15.2. The van der Waals surface area contributed by atoms with E-state index in [0.717, 1.165) is 6.07 Å². The van der Waals surface area contributed by atoms with Gasteiger partial charge in [0, 0.05) is 22.5 Å². The lowest BCUT2D eigenvalue weighted by Crippen LogP contribution is -2.73. The summed E-state index contributed by atoms with van der Waals surface area (Å²) in [6.45, 7) is 1.29. The van der Waals surface area contributed by atoms with Crippen molar-refractivity contribution in [3.05, 3.63) is 39.4 Å². The van der Waals surface area contributed by atoms with E-state index in [2.05, 4.69) is 0 Å². The van der Waals surface area contributed by atoms with Crippen LogP contribution in [0.1, 0.15) is 29.3 Å². The summed E-state index contributed by atoms with van der Waals surface area (Å²) in [5, 5.41) is 44.0. The number of halogens is 1. The number of carbonyl (C=O) groups is 4. The molecule has 0 bridgehead atoms. The molecule has 1 aromatic rings. The Morgan fingerprint density at radius 1 is 1.21 bits per heavy atom. The van der Waals surface area contributed by atoms with Gasteiger partial charge in [-0.25, -0.2) is 0 Å². The topological polar surface area (TPSA) is 178 Å². The minimum Gasteiger partial charge on any atom is -0.507 e. The van der Waals surface area contributed by atoms with Crippen LogP contribution in [0.4, 0.5) is 0 Å². The Hall–Kier alpha value is -2.63. The van der Waals surface area contributed by atoms with Gasteiger partial charge in [-0.05, 0) is 45.1 Å². The standard InChI is InChI=1S/C22H23ClN2O8/c1-21(32)7-6-8-15(25(2)3)17(28)13(20(24)31)19(30)22(8,33)18(29)11(7)16(27)12-10(26)5-4-9(23)14(12)21/h4-5,8,13,15,17,26,28,32-33H,6H2,1-3H3,(H2,24,31)/t8-,13?,15?,17?,21-,22-/m0/s1. The molecule has 11 heteroatoms. The highest BCUT2D eigenvalue weighted by Gasteiger charge is 2.68. The predicted octanol–water partition coefficient (Wildman–Crippen LogP) is -0.959. The number of nitrogens with zero attached hydrogens (tertiary/aromatic N) is 1. The second kappa shape index (κ2) is 7.18. The summed E-state index contributed by atoms with van der Waals surface area (Å²) < 4.78 is 0. The lowest BCUT2D eigenvalue weighted by molar-refractivity contribution is -0.181. The molecule has 3 aliphatic rings. The van der Waals surface area contributed by atoms with Crippen molar-refractivity contribution < 1.29 is 39.6 Å². The molecule has 1 saturated carbocycles. The maximum atomic E-state index is 13.6. The number of likely N-dealkylation sites (N-methyl/N-ethyl adjacent to an activating group) is 1. The van der Waals surface area contributed by atoms with E-state index in [1.165, 1.54) is 32.0 Å². The van der Waals surface area contributed by atoms with Gasteiger partial charge in [0.05, 0.1) is 17.2 Å². The first kappa shape index (κ1) is 23.5. The van der Waals surface area contributed by atoms with Crippen molar-refractivity contribution in [1.82, 2.24) is 4.90 Å². The number of benzene rings is 1. The van der Waals surface area contributed by atoms with Crippen molar-refractivity contribution >= 4 is 34.9 Å². The lowest BCUT2D eigenvalue weighted by Gasteiger charge is -2.53. The van der Waals surface area contributed by atoms with Gasteiger partial charge in [0.1, 0.15) is 17.3 Å². The van der Waals surface area contributed by atoms with E-state index in [1.807, 2.05) is 0 Å². The Morgan fingerprint density at radius 2 is 1.82 bits per heavy atom. The van der Waals surface area contributed by atoms with Gasteiger partial charge in [-0.15, -0.1) is 0 Å². The Balaban J connectivity index is 2.01. The fourth-order valence-electron chi connectivity index (χ4n) is 5.65. The highest BCUT2D eigenvalue weighted by atomic mass is 35.5. The Labute approximate surface area is 193 Å². The normalized spacial score (nSPS) is 35.9. The quantitative estimate of drug-likeness (QED) is 0.264. The summed E-state index contributed by atoms with van der Waals surface area (Å²) in [6, 6.07) is 1.31. The number of Topliss-reactive ketones (excluding diaryl/α,β-unsaturated/α-hetero) is 3. The third-order valence-corrected chi connectivity index (χ3v) is 7.48. The number of hydrogen-bond acceptors (Lipinski definition) is 9. The molecule has 10 nitrogen and oxygen atoms in total. The van der Waals surface area contributed by atoms with Crippen molar-refractivity contribution in [2.24, 2.45) is 17.6 Å².